The first-order chi connectivity index (χ1) is 6.25. The Balaban J connectivity index is 2.30. The molecule has 1 aliphatic rings. The zero-order valence-electron chi connectivity index (χ0n) is 9.34. The maximum absolute atomic E-state index is 3.21. The molecular formula is C11H24N2. The molecule has 1 rings (SSSR count). The molecule has 2 atom stereocenters. The summed E-state index contributed by atoms with van der Waals surface area (Å²) >= 11 is 0. The van der Waals surface area contributed by atoms with Gasteiger partial charge in [-0.3, -0.25) is 0 Å². The molecule has 1 aliphatic carbocycles. The number of hydrogen-bond donors (Lipinski definition) is 1. The Morgan fingerprint density at radius 2 is 2.00 bits per heavy atom. The standard InChI is InChI=1S/C11H24N2/c1-10-6-4-5-7-11(10)13(3)9-8-12-2/h10-12H,4-9H2,1-3H3. The lowest BCUT2D eigenvalue weighted by molar-refractivity contribution is 0.141. The zero-order chi connectivity index (χ0) is 9.68. The molecule has 0 radical (unpaired) electrons. The van der Waals surface area contributed by atoms with E-state index in [1.165, 1.54) is 32.2 Å². The third-order valence-corrected chi connectivity index (χ3v) is 3.35. The predicted molar refractivity (Wildman–Crippen MR) is 58.0 cm³/mol. The van der Waals surface area contributed by atoms with Gasteiger partial charge in [0, 0.05) is 19.1 Å². The van der Waals surface area contributed by atoms with Crippen LogP contribution in [0.3, 0.4) is 0 Å². The van der Waals surface area contributed by atoms with E-state index in [1.807, 2.05) is 7.05 Å². The fourth-order valence-electron chi connectivity index (χ4n) is 2.41. The molecule has 0 amide bonds. The molecular weight excluding hydrogens is 160 g/mol. The van der Waals surface area contributed by atoms with Gasteiger partial charge in [-0.1, -0.05) is 19.8 Å². The maximum atomic E-state index is 3.21. The van der Waals surface area contributed by atoms with E-state index in [0.717, 1.165) is 18.5 Å². The van der Waals surface area contributed by atoms with E-state index in [4.69, 9.17) is 0 Å². The van der Waals surface area contributed by atoms with Crippen molar-refractivity contribution in [1.82, 2.24) is 10.2 Å². The quantitative estimate of drug-likeness (QED) is 0.715. The zero-order valence-corrected chi connectivity index (χ0v) is 9.34. The molecule has 1 fully saturated rings. The Morgan fingerprint density at radius 3 is 2.62 bits per heavy atom. The Labute approximate surface area is 82.7 Å². The van der Waals surface area contributed by atoms with Crippen LogP contribution in [0.2, 0.25) is 0 Å². The number of rotatable bonds is 4. The van der Waals surface area contributed by atoms with Crippen LogP contribution in [0.15, 0.2) is 0 Å². The van der Waals surface area contributed by atoms with Gasteiger partial charge in [-0.25, -0.2) is 0 Å². The average molecular weight is 184 g/mol. The van der Waals surface area contributed by atoms with Crippen LogP contribution >= 0.6 is 0 Å². The van der Waals surface area contributed by atoms with Crippen LogP contribution in [-0.4, -0.2) is 38.1 Å². The van der Waals surface area contributed by atoms with Crippen LogP contribution in [0, 0.1) is 5.92 Å². The second kappa shape index (κ2) is 5.61. The number of nitrogens with zero attached hydrogens (tertiary/aromatic N) is 1. The molecule has 0 aliphatic heterocycles. The lowest BCUT2D eigenvalue weighted by Gasteiger charge is -2.36. The second-order valence-corrected chi connectivity index (χ2v) is 4.41. The third kappa shape index (κ3) is 3.28. The summed E-state index contributed by atoms with van der Waals surface area (Å²) in [7, 11) is 4.29. The van der Waals surface area contributed by atoms with Crippen molar-refractivity contribution in [2.24, 2.45) is 5.92 Å². The Kier molecular flexibility index (Phi) is 4.74. The van der Waals surface area contributed by atoms with E-state index in [2.05, 4.69) is 24.2 Å². The lowest BCUT2D eigenvalue weighted by Crippen LogP contribution is -2.41. The van der Waals surface area contributed by atoms with Gasteiger partial charge in [-0.15, -0.1) is 0 Å². The van der Waals surface area contributed by atoms with Crippen molar-refractivity contribution in [2.75, 3.05) is 27.2 Å². The van der Waals surface area contributed by atoms with E-state index < -0.39 is 0 Å². The summed E-state index contributed by atoms with van der Waals surface area (Å²) in [6.45, 7) is 4.70. The molecule has 0 heterocycles. The largest absolute Gasteiger partial charge is 0.318 e. The van der Waals surface area contributed by atoms with Crippen LogP contribution in [-0.2, 0) is 0 Å². The molecule has 0 spiro atoms. The van der Waals surface area contributed by atoms with Gasteiger partial charge < -0.3 is 10.2 Å². The molecule has 78 valence electrons. The molecule has 0 saturated heterocycles. The highest BCUT2D eigenvalue weighted by atomic mass is 15.1. The Hall–Kier alpha value is -0.0800. The predicted octanol–water partition coefficient (Wildman–Crippen LogP) is 1.72. The molecule has 0 aromatic rings. The van der Waals surface area contributed by atoms with Crippen molar-refractivity contribution in [2.45, 2.75) is 38.6 Å². The highest BCUT2D eigenvalue weighted by molar-refractivity contribution is 4.79. The minimum Gasteiger partial charge on any atom is -0.318 e. The van der Waals surface area contributed by atoms with Crippen LogP contribution in [0.5, 0.6) is 0 Å². The van der Waals surface area contributed by atoms with Crippen LogP contribution in [0.1, 0.15) is 32.6 Å². The highest BCUT2D eigenvalue weighted by Crippen LogP contribution is 2.26. The van der Waals surface area contributed by atoms with Crippen molar-refractivity contribution in [1.29, 1.82) is 0 Å². The first-order valence-electron chi connectivity index (χ1n) is 5.60. The normalized spacial score (nSPS) is 29.5. The lowest BCUT2D eigenvalue weighted by atomic mass is 9.85. The first kappa shape index (κ1) is 11.0. The highest BCUT2D eigenvalue weighted by Gasteiger charge is 2.24. The smallest absolute Gasteiger partial charge is 0.0118 e. The van der Waals surface area contributed by atoms with Crippen molar-refractivity contribution in [3.8, 4) is 0 Å². The van der Waals surface area contributed by atoms with E-state index in [-0.39, 0.29) is 0 Å². The van der Waals surface area contributed by atoms with E-state index in [9.17, 15) is 0 Å². The average Bonchev–Trinajstić information content (AvgIpc) is 2.15. The summed E-state index contributed by atoms with van der Waals surface area (Å²) in [5.74, 6) is 0.899. The first-order valence-corrected chi connectivity index (χ1v) is 5.60. The van der Waals surface area contributed by atoms with E-state index in [1.54, 1.807) is 0 Å². The fourth-order valence-corrected chi connectivity index (χ4v) is 2.41. The molecule has 1 saturated carbocycles. The van der Waals surface area contributed by atoms with Crippen LogP contribution in [0.4, 0.5) is 0 Å². The second-order valence-electron chi connectivity index (χ2n) is 4.41. The Bertz CT molecular complexity index is 136. The van der Waals surface area contributed by atoms with E-state index >= 15 is 0 Å². The van der Waals surface area contributed by atoms with Crippen LogP contribution < -0.4 is 5.32 Å². The number of likely N-dealkylation sites (N-methyl/N-ethyl adjacent to an activating group) is 2. The summed E-state index contributed by atoms with van der Waals surface area (Å²) in [6, 6.07) is 0.835. The minimum atomic E-state index is 0.835. The Morgan fingerprint density at radius 1 is 1.31 bits per heavy atom. The molecule has 2 unspecified atom stereocenters. The SMILES string of the molecule is CNCCN(C)C1CCCCC1C. The maximum Gasteiger partial charge on any atom is 0.0118 e. The fraction of sp³-hybridized carbons (Fsp3) is 1.00. The van der Waals surface area contributed by atoms with Gasteiger partial charge in [0.15, 0.2) is 0 Å². The van der Waals surface area contributed by atoms with Gasteiger partial charge in [-0.2, -0.15) is 0 Å². The molecule has 0 aromatic heterocycles. The number of hydrogen-bond acceptors (Lipinski definition) is 2. The van der Waals surface area contributed by atoms with Gasteiger partial charge in [0.25, 0.3) is 0 Å². The van der Waals surface area contributed by atoms with Gasteiger partial charge in [-0.05, 0) is 32.9 Å². The third-order valence-electron chi connectivity index (χ3n) is 3.35. The summed E-state index contributed by atoms with van der Waals surface area (Å²) in [6.07, 6.45) is 5.70. The van der Waals surface area contributed by atoms with Crippen LogP contribution in [0.25, 0.3) is 0 Å². The van der Waals surface area contributed by atoms with Crippen molar-refractivity contribution < 1.29 is 0 Å². The molecule has 2 nitrogen and oxygen atoms in total. The van der Waals surface area contributed by atoms with Crippen molar-refractivity contribution in [3.05, 3.63) is 0 Å². The molecule has 2 heteroatoms. The molecule has 0 bridgehead atoms. The summed E-state index contributed by atoms with van der Waals surface area (Å²) in [5, 5.41) is 3.21. The van der Waals surface area contributed by atoms with Gasteiger partial charge in [0.05, 0.1) is 0 Å². The minimum absolute atomic E-state index is 0.835. The summed E-state index contributed by atoms with van der Waals surface area (Å²) in [4.78, 5) is 2.53. The van der Waals surface area contributed by atoms with Gasteiger partial charge in [0.1, 0.15) is 0 Å². The molecule has 0 aromatic carbocycles. The summed E-state index contributed by atoms with van der Waals surface area (Å²) in [5.41, 5.74) is 0. The van der Waals surface area contributed by atoms with Gasteiger partial charge >= 0.3 is 0 Å². The molecule has 13 heavy (non-hydrogen) atoms. The van der Waals surface area contributed by atoms with Gasteiger partial charge in [0.2, 0.25) is 0 Å². The topological polar surface area (TPSA) is 15.3 Å². The van der Waals surface area contributed by atoms with Crippen molar-refractivity contribution in [3.63, 3.8) is 0 Å². The number of nitrogens with one attached hydrogen (secondary N) is 1. The summed E-state index contributed by atoms with van der Waals surface area (Å²) < 4.78 is 0. The monoisotopic (exact) mass is 184 g/mol. The van der Waals surface area contributed by atoms with Crippen molar-refractivity contribution >= 4 is 0 Å². The molecule has 1 N–H and O–H groups in total. The van der Waals surface area contributed by atoms with E-state index in [0.29, 0.717) is 0 Å².